The van der Waals surface area contributed by atoms with E-state index in [1.165, 1.54) is 30.4 Å². The molecule has 1 fully saturated rings. The first-order valence-corrected chi connectivity index (χ1v) is 7.16. The molecule has 3 rings (SSSR count). The maximum Gasteiger partial charge on any atom is 0.154 e. The lowest BCUT2D eigenvalue weighted by atomic mass is 9.99. The average Bonchev–Trinajstić information content (AvgIpc) is 3.06. The molecule has 2 unspecified atom stereocenters. The topological polar surface area (TPSA) is 38.3 Å². The second kappa shape index (κ2) is 5.43. The number of aryl methyl sites for hydroxylation is 2. The number of carbonyl (C=O) groups excluding carboxylic acids is 1. The molecule has 0 aromatic heterocycles. The first-order chi connectivity index (χ1) is 9.26. The predicted octanol–water partition coefficient (Wildman–Crippen LogP) is 1.66. The van der Waals surface area contributed by atoms with Gasteiger partial charge >= 0.3 is 0 Å². The number of fused-ring (bicyclic) bond motifs is 1. The fourth-order valence-corrected chi connectivity index (χ4v) is 3.19. The molecular weight excluding hydrogens is 238 g/mol. The van der Waals surface area contributed by atoms with E-state index < -0.39 is 0 Å². The van der Waals surface area contributed by atoms with Gasteiger partial charge in [0.1, 0.15) is 0 Å². The molecule has 2 aliphatic rings. The Morgan fingerprint density at radius 1 is 1.37 bits per heavy atom. The van der Waals surface area contributed by atoms with E-state index in [2.05, 4.69) is 23.5 Å². The van der Waals surface area contributed by atoms with E-state index in [-0.39, 0.29) is 17.9 Å². The van der Waals surface area contributed by atoms with Crippen molar-refractivity contribution in [3.05, 3.63) is 34.9 Å². The summed E-state index contributed by atoms with van der Waals surface area (Å²) in [6.07, 6.45) is 5.16. The summed E-state index contributed by atoms with van der Waals surface area (Å²) in [7, 11) is 1.71. The second-order valence-corrected chi connectivity index (χ2v) is 5.65. The second-order valence-electron chi connectivity index (χ2n) is 5.65. The van der Waals surface area contributed by atoms with Crippen molar-refractivity contribution in [2.45, 2.75) is 44.2 Å². The summed E-state index contributed by atoms with van der Waals surface area (Å²) < 4.78 is 5.29. The molecule has 0 saturated carbocycles. The fourth-order valence-electron chi connectivity index (χ4n) is 3.19. The van der Waals surface area contributed by atoms with Gasteiger partial charge in [-0.1, -0.05) is 18.2 Å². The molecule has 3 heteroatoms. The maximum absolute atomic E-state index is 12.3. The average molecular weight is 259 g/mol. The zero-order chi connectivity index (χ0) is 13.2. The molecule has 1 aromatic carbocycles. The van der Waals surface area contributed by atoms with Crippen molar-refractivity contribution in [1.82, 2.24) is 5.32 Å². The molecule has 1 aliphatic heterocycles. The Labute approximate surface area is 114 Å². The van der Waals surface area contributed by atoms with Crippen LogP contribution in [0.2, 0.25) is 0 Å². The summed E-state index contributed by atoms with van der Waals surface area (Å²) in [5.74, 6) is 0.289. The molecule has 102 valence electrons. The molecule has 2 atom stereocenters. The zero-order valence-electron chi connectivity index (χ0n) is 11.4. The van der Waals surface area contributed by atoms with Crippen molar-refractivity contribution in [1.29, 1.82) is 0 Å². The number of ether oxygens (including phenoxy) is 1. The van der Waals surface area contributed by atoms with Crippen LogP contribution >= 0.6 is 0 Å². The predicted molar refractivity (Wildman–Crippen MR) is 74.4 cm³/mol. The lowest BCUT2D eigenvalue weighted by Crippen LogP contribution is -2.31. The number of Topliss-reactive ketones (excluding diaryl/α,β-unsaturated/α-hetero) is 1. The normalized spacial score (nSPS) is 25.5. The summed E-state index contributed by atoms with van der Waals surface area (Å²) in [5, 5.41) is 3.26. The number of nitrogens with one attached hydrogen (secondary N) is 1. The third-order valence-electron chi connectivity index (χ3n) is 4.35. The third-order valence-corrected chi connectivity index (χ3v) is 4.35. The zero-order valence-corrected chi connectivity index (χ0v) is 11.4. The van der Waals surface area contributed by atoms with Gasteiger partial charge in [0.05, 0.1) is 12.1 Å². The Kier molecular flexibility index (Phi) is 3.67. The number of benzene rings is 1. The minimum absolute atomic E-state index is 0.0294. The minimum atomic E-state index is -0.0294. The van der Waals surface area contributed by atoms with Crippen LogP contribution in [-0.4, -0.2) is 31.6 Å². The standard InChI is InChI=1S/C16H21NO2/c1-19-14-9-15(17-10-14)16(18)8-11-5-6-12-3-2-4-13(12)7-11/h5-7,14-15,17H,2-4,8-10H2,1H3. The van der Waals surface area contributed by atoms with Gasteiger partial charge in [-0.15, -0.1) is 0 Å². The molecule has 1 aliphatic carbocycles. The minimum Gasteiger partial charge on any atom is -0.380 e. The van der Waals surface area contributed by atoms with Crippen molar-refractivity contribution < 1.29 is 9.53 Å². The Hall–Kier alpha value is -1.19. The maximum atomic E-state index is 12.3. The van der Waals surface area contributed by atoms with Crippen molar-refractivity contribution in [2.24, 2.45) is 0 Å². The summed E-state index contributed by atoms with van der Waals surface area (Å²) in [6, 6.07) is 6.51. The van der Waals surface area contributed by atoms with Gasteiger partial charge in [-0.2, -0.15) is 0 Å². The highest BCUT2D eigenvalue weighted by Gasteiger charge is 2.29. The molecule has 0 radical (unpaired) electrons. The molecule has 1 heterocycles. The van der Waals surface area contributed by atoms with Gasteiger partial charge in [0.2, 0.25) is 0 Å². The van der Waals surface area contributed by atoms with Gasteiger partial charge in [0.15, 0.2) is 5.78 Å². The largest absolute Gasteiger partial charge is 0.380 e. The Balaban J connectivity index is 1.63. The summed E-state index contributed by atoms with van der Waals surface area (Å²) in [5.41, 5.74) is 4.07. The molecule has 0 amide bonds. The van der Waals surface area contributed by atoms with Crippen LogP contribution in [-0.2, 0) is 28.8 Å². The van der Waals surface area contributed by atoms with Crippen LogP contribution in [0.15, 0.2) is 18.2 Å². The lowest BCUT2D eigenvalue weighted by molar-refractivity contribution is -0.120. The molecule has 1 N–H and O–H groups in total. The number of hydrogen-bond acceptors (Lipinski definition) is 3. The quantitative estimate of drug-likeness (QED) is 0.894. The molecular formula is C16H21NO2. The van der Waals surface area contributed by atoms with Gasteiger partial charge < -0.3 is 10.1 Å². The van der Waals surface area contributed by atoms with E-state index >= 15 is 0 Å². The fraction of sp³-hybridized carbons (Fsp3) is 0.562. The van der Waals surface area contributed by atoms with E-state index in [9.17, 15) is 4.79 Å². The van der Waals surface area contributed by atoms with Gasteiger partial charge in [-0.3, -0.25) is 4.79 Å². The van der Waals surface area contributed by atoms with Crippen molar-refractivity contribution >= 4 is 5.78 Å². The van der Waals surface area contributed by atoms with Gasteiger partial charge in [0, 0.05) is 20.1 Å². The summed E-state index contributed by atoms with van der Waals surface area (Å²) >= 11 is 0. The summed E-state index contributed by atoms with van der Waals surface area (Å²) in [6.45, 7) is 0.789. The Morgan fingerprint density at radius 3 is 3.00 bits per heavy atom. The van der Waals surface area contributed by atoms with Gasteiger partial charge in [-0.05, 0) is 42.4 Å². The molecule has 0 spiro atoms. The number of ketones is 1. The van der Waals surface area contributed by atoms with Gasteiger partial charge in [0.25, 0.3) is 0 Å². The highest BCUT2D eigenvalue weighted by molar-refractivity contribution is 5.86. The number of carbonyl (C=O) groups is 1. The molecule has 3 nitrogen and oxygen atoms in total. The lowest BCUT2D eigenvalue weighted by Gasteiger charge is -2.10. The van der Waals surface area contributed by atoms with E-state index in [1.807, 2.05) is 0 Å². The van der Waals surface area contributed by atoms with Crippen LogP contribution < -0.4 is 5.32 Å². The smallest absolute Gasteiger partial charge is 0.154 e. The Bertz CT molecular complexity index is 484. The first-order valence-electron chi connectivity index (χ1n) is 7.16. The van der Waals surface area contributed by atoms with Crippen molar-refractivity contribution in [3.63, 3.8) is 0 Å². The highest BCUT2D eigenvalue weighted by Crippen LogP contribution is 2.23. The van der Waals surface area contributed by atoms with Crippen LogP contribution in [0, 0.1) is 0 Å². The number of hydrogen-bond donors (Lipinski definition) is 1. The van der Waals surface area contributed by atoms with Gasteiger partial charge in [-0.25, -0.2) is 0 Å². The highest BCUT2D eigenvalue weighted by atomic mass is 16.5. The molecule has 19 heavy (non-hydrogen) atoms. The van der Waals surface area contributed by atoms with E-state index in [1.54, 1.807) is 7.11 Å². The van der Waals surface area contributed by atoms with E-state index in [4.69, 9.17) is 4.74 Å². The molecule has 1 saturated heterocycles. The number of methoxy groups -OCH3 is 1. The van der Waals surface area contributed by atoms with E-state index in [0.717, 1.165) is 18.5 Å². The van der Waals surface area contributed by atoms with Crippen LogP contribution in [0.5, 0.6) is 0 Å². The summed E-state index contributed by atoms with van der Waals surface area (Å²) in [4.78, 5) is 12.3. The SMILES string of the molecule is COC1CNC(C(=O)Cc2ccc3c(c2)CCC3)C1. The van der Waals surface area contributed by atoms with Crippen LogP contribution in [0.3, 0.4) is 0 Å². The molecule has 0 bridgehead atoms. The first kappa shape index (κ1) is 12.8. The van der Waals surface area contributed by atoms with Crippen LogP contribution in [0.25, 0.3) is 0 Å². The van der Waals surface area contributed by atoms with E-state index in [0.29, 0.717) is 6.42 Å². The third kappa shape index (κ3) is 2.72. The molecule has 1 aromatic rings. The number of rotatable bonds is 4. The van der Waals surface area contributed by atoms with Crippen molar-refractivity contribution in [2.75, 3.05) is 13.7 Å². The van der Waals surface area contributed by atoms with Crippen LogP contribution in [0.4, 0.5) is 0 Å². The van der Waals surface area contributed by atoms with Crippen molar-refractivity contribution in [3.8, 4) is 0 Å². The monoisotopic (exact) mass is 259 g/mol. The van der Waals surface area contributed by atoms with Crippen LogP contribution in [0.1, 0.15) is 29.5 Å². The Morgan fingerprint density at radius 2 is 2.21 bits per heavy atom.